The van der Waals surface area contributed by atoms with E-state index < -0.39 is 0 Å². The number of rotatable bonds is 7. The Balaban J connectivity index is 1.16. The Hall–Kier alpha value is -3.68. The Morgan fingerprint density at radius 1 is 0.951 bits per heavy atom. The van der Waals surface area contributed by atoms with Gasteiger partial charge in [0.25, 0.3) is 5.91 Å². The molecule has 1 saturated heterocycles. The van der Waals surface area contributed by atoms with E-state index in [0.717, 1.165) is 48.3 Å². The van der Waals surface area contributed by atoms with E-state index in [1.807, 2.05) is 64.2 Å². The third-order valence-electron chi connectivity index (χ3n) is 8.49. The zero-order valence-electron chi connectivity index (χ0n) is 23.3. The van der Waals surface area contributed by atoms with Crippen molar-refractivity contribution >= 4 is 40.0 Å². The fourth-order valence-electron chi connectivity index (χ4n) is 6.26. The molecule has 41 heavy (non-hydrogen) atoms. The van der Waals surface area contributed by atoms with Crippen LogP contribution in [0.2, 0.25) is 5.02 Å². The number of benzene rings is 2. The van der Waals surface area contributed by atoms with Crippen LogP contribution >= 0.6 is 11.6 Å². The molecule has 6 rings (SSSR count). The lowest BCUT2D eigenvalue weighted by atomic mass is 9.94. The maximum atomic E-state index is 13.8. The number of fused-ring (bicyclic) bond motifs is 1. The van der Waals surface area contributed by atoms with Crippen LogP contribution in [0.25, 0.3) is 16.6 Å². The van der Waals surface area contributed by atoms with Gasteiger partial charge < -0.3 is 14.8 Å². The normalized spacial score (nSPS) is 16.7. The molecule has 2 aromatic heterocycles. The standard InChI is InChI=1S/C33H36ClN5O2/c34-29-21-25(36-32(40)15-12-24-7-6-16-35-22-24)13-14-31(29)39-23-28(27-10-4-5-11-30(27)39)33(41)38-19-17-37(18-20-38)26-8-2-1-3-9-26/h4-7,10-11,13-14,16,21-23,26H,1-3,8-9,12,15,17-20H2,(H,36,40). The number of aromatic nitrogens is 2. The van der Waals surface area contributed by atoms with E-state index in [9.17, 15) is 9.59 Å². The Kier molecular flexibility index (Phi) is 8.35. The topological polar surface area (TPSA) is 70.5 Å². The monoisotopic (exact) mass is 569 g/mol. The number of anilines is 1. The van der Waals surface area contributed by atoms with E-state index >= 15 is 0 Å². The lowest BCUT2D eigenvalue weighted by molar-refractivity contribution is -0.116. The molecule has 1 saturated carbocycles. The van der Waals surface area contributed by atoms with Crippen molar-refractivity contribution in [2.45, 2.75) is 51.0 Å². The van der Waals surface area contributed by atoms with Gasteiger partial charge in [-0.25, -0.2) is 0 Å². The van der Waals surface area contributed by atoms with Crippen LogP contribution in [0.3, 0.4) is 0 Å². The van der Waals surface area contributed by atoms with Crippen LogP contribution in [0, 0.1) is 0 Å². The largest absolute Gasteiger partial charge is 0.336 e. The highest BCUT2D eigenvalue weighted by atomic mass is 35.5. The highest BCUT2D eigenvalue weighted by Gasteiger charge is 2.29. The molecule has 7 nitrogen and oxygen atoms in total. The number of para-hydroxylation sites is 1. The Bertz CT molecular complexity index is 1520. The Morgan fingerprint density at radius 3 is 2.51 bits per heavy atom. The molecule has 0 atom stereocenters. The van der Waals surface area contributed by atoms with Crippen molar-refractivity contribution in [1.29, 1.82) is 0 Å². The van der Waals surface area contributed by atoms with Crippen molar-refractivity contribution in [2.24, 2.45) is 0 Å². The minimum Gasteiger partial charge on any atom is -0.336 e. The van der Waals surface area contributed by atoms with Gasteiger partial charge in [0, 0.05) is 68.3 Å². The predicted molar refractivity (Wildman–Crippen MR) is 164 cm³/mol. The number of carbonyl (C=O) groups is 2. The van der Waals surface area contributed by atoms with E-state index in [0.29, 0.717) is 35.2 Å². The van der Waals surface area contributed by atoms with Gasteiger partial charge in [0.05, 0.1) is 21.8 Å². The van der Waals surface area contributed by atoms with Gasteiger partial charge in [-0.05, 0) is 55.2 Å². The molecule has 8 heteroatoms. The summed E-state index contributed by atoms with van der Waals surface area (Å²) in [6.07, 6.45) is 13.0. The average molecular weight is 570 g/mol. The predicted octanol–water partition coefficient (Wildman–Crippen LogP) is 6.34. The first-order valence-electron chi connectivity index (χ1n) is 14.7. The molecule has 1 aliphatic carbocycles. The van der Waals surface area contributed by atoms with Gasteiger partial charge in [-0.15, -0.1) is 0 Å². The van der Waals surface area contributed by atoms with Crippen molar-refractivity contribution in [3.05, 3.63) is 89.3 Å². The van der Waals surface area contributed by atoms with Crippen molar-refractivity contribution in [2.75, 3.05) is 31.5 Å². The van der Waals surface area contributed by atoms with Crippen LogP contribution in [0.4, 0.5) is 5.69 Å². The SMILES string of the molecule is O=C(CCc1cccnc1)Nc1ccc(-n2cc(C(=O)N3CCN(C4CCCCC4)CC3)c3ccccc32)c(Cl)c1. The Labute approximate surface area is 246 Å². The fourth-order valence-corrected chi connectivity index (χ4v) is 6.54. The van der Waals surface area contributed by atoms with Gasteiger partial charge in [-0.2, -0.15) is 0 Å². The van der Waals surface area contributed by atoms with Crippen molar-refractivity contribution in [3.63, 3.8) is 0 Å². The van der Waals surface area contributed by atoms with Crippen LogP contribution in [0.15, 0.2) is 73.2 Å². The fraction of sp³-hybridized carbons (Fsp3) is 0.364. The third-order valence-corrected chi connectivity index (χ3v) is 8.79. The summed E-state index contributed by atoms with van der Waals surface area (Å²) < 4.78 is 1.98. The third kappa shape index (κ3) is 6.16. The van der Waals surface area contributed by atoms with Gasteiger partial charge in [0.15, 0.2) is 0 Å². The minimum atomic E-state index is -0.0828. The maximum absolute atomic E-state index is 13.8. The number of aryl methyl sites for hydroxylation is 1. The second kappa shape index (κ2) is 12.5. The van der Waals surface area contributed by atoms with E-state index in [2.05, 4.69) is 15.2 Å². The molecule has 2 aliphatic rings. The molecule has 2 amide bonds. The number of piperazine rings is 1. The second-order valence-corrected chi connectivity index (χ2v) is 11.5. The summed E-state index contributed by atoms with van der Waals surface area (Å²) in [6.45, 7) is 3.39. The molecule has 2 aromatic carbocycles. The molecule has 2 fully saturated rings. The quantitative estimate of drug-likeness (QED) is 0.282. The number of hydrogen-bond donors (Lipinski definition) is 1. The molecule has 1 aliphatic heterocycles. The van der Waals surface area contributed by atoms with Crippen molar-refractivity contribution < 1.29 is 9.59 Å². The average Bonchev–Trinajstić information content (AvgIpc) is 3.40. The zero-order chi connectivity index (χ0) is 28.2. The molecule has 4 aromatic rings. The summed E-state index contributed by atoms with van der Waals surface area (Å²) in [5.41, 5.74) is 4.03. The molecule has 212 valence electrons. The molecule has 0 unspecified atom stereocenters. The first-order chi connectivity index (χ1) is 20.1. The number of halogens is 1. The highest BCUT2D eigenvalue weighted by Crippen LogP contribution is 2.32. The van der Waals surface area contributed by atoms with Gasteiger partial charge in [-0.3, -0.25) is 19.5 Å². The highest BCUT2D eigenvalue weighted by molar-refractivity contribution is 6.33. The van der Waals surface area contributed by atoms with E-state index in [4.69, 9.17) is 11.6 Å². The molecule has 0 spiro atoms. The molecule has 1 N–H and O–H groups in total. The van der Waals surface area contributed by atoms with E-state index in [1.165, 1.54) is 32.1 Å². The number of nitrogens with one attached hydrogen (secondary N) is 1. The van der Waals surface area contributed by atoms with Gasteiger partial charge >= 0.3 is 0 Å². The van der Waals surface area contributed by atoms with Crippen LogP contribution < -0.4 is 5.32 Å². The summed E-state index contributed by atoms with van der Waals surface area (Å²) in [5.74, 6) is -0.0163. The van der Waals surface area contributed by atoms with E-state index in [1.54, 1.807) is 18.5 Å². The van der Waals surface area contributed by atoms with Crippen LogP contribution in [-0.2, 0) is 11.2 Å². The van der Waals surface area contributed by atoms with Gasteiger partial charge in [-0.1, -0.05) is 55.1 Å². The first-order valence-corrected chi connectivity index (χ1v) is 15.1. The number of amides is 2. The Morgan fingerprint density at radius 2 is 1.76 bits per heavy atom. The smallest absolute Gasteiger partial charge is 0.256 e. The summed E-state index contributed by atoms with van der Waals surface area (Å²) >= 11 is 6.77. The lowest BCUT2D eigenvalue weighted by Crippen LogP contribution is -2.52. The van der Waals surface area contributed by atoms with Crippen LogP contribution in [0.5, 0.6) is 0 Å². The first kappa shape index (κ1) is 27.5. The zero-order valence-corrected chi connectivity index (χ0v) is 24.0. The summed E-state index contributed by atoms with van der Waals surface area (Å²) in [5, 5.41) is 4.35. The van der Waals surface area contributed by atoms with Crippen LogP contribution in [0.1, 0.15) is 54.4 Å². The molecule has 0 radical (unpaired) electrons. The number of hydrogen-bond acceptors (Lipinski definition) is 4. The molecular weight excluding hydrogens is 534 g/mol. The lowest BCUT2D eigenvalue weighted by Gasteiger charge is -2.40. The summed E-state index contributed by atoms with van der Waals surface area (Å²) in [7, 11) is 0. The number of carbonyl (C=O) groups excluding carboxylic acids is 2. The number of pyridine rings is 1. The molecule has 0 bridgehead atoms. The van der Waals surface area contributed by atoms with Gasteiger partial charge in [0.2, 0.25) is 5.91 Å². The van der Waals surface area contributed by atoms with Crippen molar-refractivity contribution in [1.82, 2.24) is 19.4 Å². The minimum absolute atomic E-state index is 0.0665. The second-order valence-electron chi connectivity index (χ2n) is 11.1. The maximum Gasteiger partial charge on any atom is 0.256 e. The van der Waals surface area contributed by atoms with Gasteiger partial charge in [0.1, 0.15) is 0 Å². The van der Waals surface area contributed by atoms with Crippen molar-refractivity contribution in [3.8, 4) is 5.69 Å². The van der Waals surface area contributed by atoms with E-state index in [-0.39, 0.29) is 11.8 Å². The number of nitrogens with zero attached hydrogens (tertiary/aromatic N) is 4. The summed E-state index contributed by atoms with van der Waals surface area (Å²) in [4.78, 5) is 35.0. The molecular formula is C33H36ClN5O2. The summed E-state index contributed by atoms with van der Waals surface area (Å²) in [6, 6.07) is 18.0. The van der Waals surface area contributed by atoms with Crippen LogP contribution in [-0.4, -0.2) is 63.4 Å². The molecule has 3 heterocycles.